The van der Waals surface area contributed by atoms with Gasteiger partial charge >= 0.3 is 0 Å². The monoisotopic (exact) mass is 220 g/mol. The van der Waals surface area contributed by atoms with E-state index in [-0.39, 0.29) is 6.04 Å². The van der Waals surface area contributed by atoms with Crippen LogP contribution in [0, 0.1) is 0 Å². The number of nitrogens with zero attached hydrogens (tertiary/aromatic N) is 2. The van der Waals surface area contributed by atoms with Crippen LogP contribution in [-0.4, -0.2) is 36.0 Å². The summed E-state index contributed by atoms with van der Waals surface area (Å²) in [5, 5.41) is 12.7. The predicted octanol–water partition coefficient (Wildman–Crippen LogP) is 2.60. The lowest BCUT2D eigenvalue weighted by Crippen LogP contribution is -2.36. The zero-order valence-corrected chi connectivity index (χ0v) is 10.2. The van der Waals surface area contributed by atoms with Gasteiger partial charge in [-0.2, -0.15) is 0 Å². The molecule has 0 amide bonds. The highest BCUT2D eigenvalue weighted by Gasteiger charge is 2.19. The molecule has 0 saturated heterocycles. The van der Waals surface area contributed by atoms with E-state index in [9.17, 15) is 5.21 Å². The molecule has 1 aromatic rings. The van der Waals surface area contributed by atoms with Gasteiger partial charge in [0.15, 0.2) is 0 Å². The van der Waals surface area contributed by atoms with Crippen molar-refractivity contribution in [3.63, 3.8) is 0 Å². The van der Waals surface area contributed by atoms with Crippen LogP contribution in [0.4, 0.5) is 0 Å². The molecule has 0 aliphatic heterocycles. The lowest BCUT2D eigenvalue weighted by molar-refractivity contribution is 0.297. The minimum absolute atomic E-state index is 0.164. The second-order valence-electron chi connectivity index (χ2n) is 4.12. The molecule has 88 valence electrons. The van der Waals surface area contributed by atoms with Crippen molar-refractivity contribution in [2.45, 2.75) is 25.8 Å². The molecule has 0 bridgehead atoms. The standard InChI is InChI=1S/C13H20N2O/c1-4-8-12(15(2)3)13(14-16)11-9-6-5-7-10-11/h5-7,9-10,12,16H,4,8H2,1-3H3. The lowest BCUT2D eigenvalue weighted by Gasteiger charge is -2.24. The molecule has 0 aliphatic rings. The molecule has 16 heavy (non-hydrogen) atoms. The Morgan fingerprint density at radius 2 is 1.94 bits per heavy atom. The molecule has 0 aliphatic carbocycles. The van der Waals surface area contributed by atoms with Crippen molar-refractivity contribution in [3.05, 3.63) is 35.9 Å². The van der Waals surface area contributed by atoms with Gasteiger partial charge in [0.2, 0.25) is 0 Å². The van der Waals surface area contributed by atoms with Crippen molar-refractivity contribution in [2.75, 3.05) is 14.1 Å². The molecule has 1 atom stereocenters. The summed E-state index contributed by atoms with van der Waals surface area (Å²) in [6.45, 7) is 2.14. The second-order valence-corrected chi connectivity index (χ2v) is 4.12. The van der Waals surface area contributed by atoms with Crippen LogP contribution in [-0.2, 0) is 0 Å². The largest absolute Gasteiger partial charge is 0.411 e. The van der Waals surface area contributed by atoms with Gasteiger partial charge in [-0.1, -0.05) is 48.8 Å². The lowest BCUT2D eigenvalue weighted by atomic mass is 9.99. The fourth-order valence-corrected chi connectivity index (χ4v) is 1.84. The molecule has 1 unspecified atom stereocenters. The first-order chi connectivity index (χ1) is 7.70. The van der Waals surface area contributed by atoms with Crippen LogP contribution >= 0.6 is 0 Å². The topological polar surface area (TPSA) is 35.8 Å². The first kappa shape index (κ1) is 12.7. The van der Waals surface area contributed by atoms with E-state index in [0.29, 0.717) is 0 Å². The fraction of sp³-hybridized carbons (Fsp3) is 0.462. The van der Waals surface area contributed by atoms with Crippen molar-refractivity contribution < 1.29 is 5.21 Å². The van der Waals surface area contributed by atoms with Crippen LogP contribution in [0.25, 0.3) is 0 Å². The zero-order chi connectivity index (χ0) is 12.0. The number of hydrogen-bond acceptors (Lipinski definition) is 3. The maximum Gasteiger partial charge on any atom is 0.104 e. The Hall–Kier alpha value is -1.35. The van der Waals surface area contributed by atoms with Gasteiger partial charge in [-0.05, 0) is 20.5 Å². The van der Waals surface area contributed by atoms with Gasteiger partial charge in [0.05, 0.1) is 6.04 Å². The van der Waals surface area contributed by atoms with Gasteiger partial charge in [0.1, 0.15) is 5.71 Å². The Morgan fingerprint density at radius 1 is 1.31 bits per heavy atom. The molecule has 0 radical (unpaired) electrons. The van der Waals surface area contributed by atoms with E-state index in [1.807, 2.05) is 44.4 Å². The summed E-state index contributed by atoms with van der Waals surface area (Å²) < 4.78 is 0. The summed E-state index contributed by atoms with van der Waals surface area (Å²) in [5.41, 5.74) is 1.73. The highest BCUT2D eigenvalue weighted by atomic mass is 16.4. The summed E-state index contributed by atoms with van der Waals surface area (Å²) in [6.07, 6.45) is 2.05. The van der Waals surface area contributed by atoms with Gasteiger partial charge in [-0.25, -0.2) is 0 Å². The maximum absolute atomic E-state index is 9.19. The number of oxime groups is 1. The highest BCUT2D eigenvalue weighted by Crippen LogP contribution is 2.12. The third-order valence-electron chi connectivity index (χ3n) is 2.68. The van der Waals surface area contributed by atoms with Gasteiger partial charge in [-0.15, -0.1) is 0 Å². The Morgan fingerprint density at radius 3 is 2.38 bits per heavy atom. The van der Waals surface area contributed by atoms with Crippen molar-refractivity contribution in [1.82, 2.24) is 4.90 Å². The number of hydrogen-bond donors (Lipinski definition) is 1. The van der Waals surface area contributed by atoms with E-state index in [0.717, 1.165) is 24.1 Å². The Balaban J connectivity index is 2.97. The van der Waals surface area contributed by atoms with Crippen LogP contribution < -0.4 is 0 Å². The smallest absolute Gasteiger partial charge is 0.104 e. The maximum atomic E-state index is 9.19. The van der Waals surface area contributed by atoms with Gasteiger partial charge in [0, 0.05) is 5.56 Å². The van der Waals surface area contributed by atoms with Crippen molar-refractivity contribution in [2.24, 2.45) is 5.16 Å². The van der Waals surface area contributed by atoms with E-state index in [4.69, 9.17) is 0 Å². The van der Waals surface area contributed by atoms with E-state index in [2.05, 4.69) is 17.0 Å². The first-order valence-corrected chi connectivity index (χ1v) is 5.64. The Bertz CT molecular complexity index is 333. The van der Waals surface area contributed by atoms with Crippen LogP contribution in [0.1, 0.15) is 25.3 Å². The van der Waals surface area contributed by atoms with Gasteiger partial charge in [0.25, 0.3) is 0 Å². The van der Waals surface area contributed by atoms with Crippen LogP contribution in [0.5, 0.6) is 0 Å². The third kappa shape index (κ3) is 3.07. The Labute approximate surface area is 97.4 Å². The van der Waals surface area contributed by atoms with Crippen molar-refractivity contribution in [1.29, 1.82) is 0 Å². The highest BCUT2D eigenvalue weighted by molar-refractivity contribution is 6.03. The first-order valence-electron chi connectivity index (χ1n) is 5.64. The molecule has 0 saturated carbocycles. The summed E-state index contributed by atoms with van der Waals surface area (Å²) >= 11 is 0. The van der Waals surface area contributed by atoms with Crippen molar-refractivity contribution >= 4 is 5.71 Å². The Kier molecular flexibility index (Phi) is 4.99. The van der Waals surface area contributed by atoms with Gasteiger partial charge < -0.3 is 10.1 Å². The van der Waals surface area contributed by atoms with Gasteiger partial charge in [-0.3, -0.25) is 0 Å². The molecule has 1 N–H and O–H groups in total. The second kappa shape index (κ2) is 6.28. The molecule has 0 heterocycles. The minimum Gasteiger partial charge on any atom is -0.411 e. The summed E-state index contributed by atoms with van der Waals surface area (Å²) in [4.78, 5) is 2.09. The SMILES string of the molecule is CCCC(C(=NO)c1ccccc1)N(C)C. The summed E-state index contributed by atoms with van der Waals surface area (Å²) in [7, 11) is 4.02. The van der Waals surface area contributed by atoms with E-state index in [1.165, 1.54) is 0 Å². The fourth-order valence-electron chi connectivity index (χ4n) is 1.84. The molecule has 0 spiro atoms. The quantitative estimate of drug-likeness (QED) is 0.470. The summed E-state index contributed by atoms with van der Waals surface area (Å²) in [5.74, 6) is 0. The number of rotatable bonds is 5. The van der Waals surface area contributed by atoms with E-state index in [1.54, 1.807) is 0 Å². The molecule has 3 nitrogen and oxygen atoms in total. The number of benzene rings is 1. The molecule has 1 rings (SSSR count). The van der Waals surface area contributed by atoms with Crippen LogP contribution in [0.15, 0.2) is 35.5 Å². The normalized spacial score (nSPS) is 14.1. The van der Waals surface area contributed by atoms with Crippen LogP contribution in [0.3, 0.4) is 0 Å². The molecule has 3 heteroatoms. The molecule has 0 fully saturated rings. The zero-order valence-electron chi connectivity index (χ0n) is 10.2. The minimum atomic E-state index is 0.164. The van der Waals surface area contributed by atoms with E-state index >= 15 is 0 Å². The van der Waals surface area contributed by atoms with E-state index < -0.39 is 0 Å². The molecule has 0 aromatic heterocycles. The average molecular weight is 220 g/mol. The third-order valence-corrected chi connectivity index (χ3v) is 2.68. The average Bonchev–Trinajstić information content (AvgIpc) is 2.30. The van der Waals surface area contributed by atoms with Crippen molar-refractivity contribution in [3.8, 4) is 0 Å². The molecule has 1 aromatic carbocycles. The van der Waals surface area contributed by atoms with Crippen LogP contribution in [0.2, 0.25) is 0 Å². The molecular weight excluding hydrogens is 200 g/mol. The summed E-state index contributed by atoms with van der Waals surface area (Å²) in [6, 6.07) is 9.99. The number of likely N-dealkylation sites (N-methyl/N-ethyl adjacent to an activating group) is 1. The predicted molar refractivity (Wildman–Crippen MR) is 67.1 cm³/mol. The molecular formula is C13H20N2O.